The number of imidazole rings is 1. The average Bonchev–Trinajstić information content (AvgIpc) is 2.68. The van der Waals surface area contributed by atoms with E-state index in [2.05, 4.69) is 9.97 Å². The smallest absolute Gasteiger partial charge is 0.329 e. The second-order valence-electron chi connectivity index (χ2n) is 3.38. The van der Waals surface area contributed by atoms with Gasteiger partial charge in [0.15, 0.2) is 10.8 Å². The van der Waals surface area contributed by atoms with Crippen LogP contribution in [0.25, 0.3) is 11.2 Å². The Labute approximate surface area is 102 Å². The van der Waals surface area contributed by atoms with Crippen LogP contribution in [-0.4, -0.2) is 24.9 Å². The molecule has 2 rings (SSSR count). The summed E-state index contributed by atoms with van der Waals surface area (Å²) in [5.74, 6) is 0.923. The number of nitrogens with zero attached hydrogens (tertiary/aromatic N) is 3. The second kappa shape index (κ2) is 4.06. The van der Waals surface area contributed by atoms with E-state index in [1.807, 2.05) is 6.92 Å². The van der Waals surface area contributed by atoms with Crippen LogP contribution >= 0.6 is 24.0 Å². The minimum Gasteiger partial charge on any atom is -0.329 e. The molecule has 0 saturated heterocycles. The van der Waals surface area contributed by atoms with E-state index in [1.165, 1.54) is 9.13 Å². The molecular formula is C9H12N4OS2. The van der Waals surface area contributed by atoms with Crippen molar-refractivity contribution in [2.75, 3.05) is 5.75 Å². The topological polar surface area (TPSA) is 55.6 Å². The summed E-state index contributed by atoms with van der Waals surface area (Å²) in [6.45, 7) is 2.05. The van der Waals surface area contributed by atoms with Crippen molar-refractivity contribution in [2.24, 2.45) is 14.1 Å². The predicted octanol–water partition coefficient (Wildman–Crippen LogP) is 1.44. The molecule has 2 heterocycles. The molecule has 2 aromatic heterocycles. The number of H-pyrrole nitrogens is 1. The quantitative estimate of drug-likeness (QED) is 0.652. The highest BCUT2D eigenvalue weighted by Crippen LogP contribution is 2.18. The summed E-state index contributed by atoms with van der Waals surface area (Å²) >= 11 is 6.80. The average molecular weight is 256 g/mol. The van der Waals surface area contributed by atoms with Crippen molar-refractivity contribution >= 4 is 35.1 Å². The van der Waals surface area contributed by atoms with Crippen molar-refractivity contribution in [3.8, 4) is 0 Å². The predicted molar refractivity (Wildman–Crippen MR) is 67.5 cm³/mol. The Morgan fingerprint density at radius 2 is 2.12 bits per heavy atom. The van der Waals surface area contributed by atoms with E-state index in [-0.39, 0.29) is 5.69 Å². The molecule has 86 valence electrons. The molecule has 0 atom stereocenters. The zero-order chi connectivity index (χ0) is 11.9. The number of aromatic nitrogens is 4. The third-order valence-electron chi connectivity index (χ3n) is 2.35. The molecule has 0 radical (unpaired) electrons. The van der Waals surface area contributed by atoms with Crippen LogP contribution in [-0.2, 0) is 14.1 Å². The third-order valence-corrected chi connectivity index (χ3v) is 3.59. The van der Waals surface area contributed by atoms with E-state index in [0.29, 0.717) is 10.3 Å². The number of hydrogen-bond donors (Lipinski definition) is 1. The number of hydrogen-bond acceptors (Lipinski definition) is 4. The maximum absolute atomic E-state index is 11.8. The Bertz CT molecular complexity index is 652. The van der Waals surface area contributed by atoms with Crippen LogP contribution in [0.1, 0.15) is 6.92 Å². The third kappa shape index (κ3) is 1.60. The van der Waals surface area contributed by atoms with Gasteiger partial charge in [-0.25, -0.2) is 9.78 Å². The summed E-state index contributed by atoms with van der Waals surface area (Å²) < 4.78 is 3.44. The first-order valence-corrected chi connectivity index (χ1v) is 6.24. The van der Waals surface area contributed by atoms with Gasteiger partial charge in [-0.3, -0.25) is 9.13 Å². The molecule has 16 heavy (non-hydrogen) atoms. The van der Waals surface area contributed by atoms with Crippen LogP contribution in [0.5, 0.6) is 0 Å². The summed E-state index contributed by atoms with van der Waals surface area (Å²) in [6.07, 6.45) is 0. The standard InChI is InChI=1S/C9H12N4OS2/c1-4-16-8-10-5-6(11-8)12(2)9(14)13(3)7(5)15/h4H2,1-3H3,(H,10,11). The SMILES string of the molecule is CCSc1nc2c([nH]1)c(=S)n(C)c(=O)n2C. The first kappa shape index (κ1) is 11.4. The maximum Gasteiger partial charge on any atom is 0.330 e. The van der Waals surface area contributed by atoms with Gasteiger partial charge in [-0.15, -0.1) is 0 Å². The first-order valence-electron chi connectivity index (χ1n) is 4.84. The van der Waals surface area contributed by atoms with Crippen LogP contribution in [0.3, 0.4) is 0 Å². The van der Waals surface area contributed by atoms with Gasteiger partial charge in [0.1, 0.15) is 10.2 Å². The van der Waals surface area contributed by atoms with Crippen LogP contribution in [0.2, 0.25) is 0 Å². The van der Waals surface area contributed by atoms with E-state index in [4.69, 9.17) is 12.2 Å². The van der Waals surface area contributed by atoms with E-state index in [1.54, 1.807) is 25.9 Å². The lowest BCUT2D eigenvalue weighted by atomic mass is 10.5. The van der Waals surface area contributed by atoms with Gasteiger partial charge in [-0.05, 0) is 5.75 Å². The fourth-order valence-corrected chi connectivity index (χ4v) is 2.33. The lowest BCUT2D eigenvalue weighted by Crippen LogP contribution is -2.27. The highest BCUT2D eigenvalue weighted by molar-refractivity contribution is 7.99. The monoisotopic (exact) mass is 256 g/mol. The Balaban J connectivity index is 2.87. The van der Waals surface area contributed by atoms with Gasteiger partial charge in [-0.2, -0.15) is 0 Å². The minimum absolute atomic E-state index is 0.156. The summed E-state index contributed by atoms with van der Waals surface area (Å²) in [6, 6.07) is 0. The van der Waals surface area contributed by atoms with Gasteiger partial charge >= 0.3 is 5.69 Å². The van der Waals surface area contributed by atoms with Gasteiger partial charge < -0.3 is 4.98 Å². The lowest BCUT2D eigenvalue weighted by molar-refractivity contribution is 0.721. The van der Waals surface area contributed by atoms with Crippen molar-refractivity contribution in [3.63, 3.8) is 0 Å². The molecule has 7 heteroatoms. The van der Waals surface area contributed by atoms with Gasteiger partial charge in [0.2, 0.25) is 0 Å². The first-order chi connectivity index (χ1) is 7.56. The van der Waals surface area contributed by atoms with Crippen LogP contribution in [0.4, 0.5) is 0 Å². The summed E-state index contributed by atoms with van der Waals surface area (Å²) in [7, 11) is 3.36. The summed E-state index contributed by atoms with van der Waals surface area (Å²) in [5, 5.41) is 0.796. The largest absolute Gasteiger partial charge is 0.330 e. The minimum atomic E-state index is -0.156. The van der Waals surface area contributed by atoms with Crippen molar-refractivity contribution in [3.05, 3.63) is 15.1 Å². The number of rotatable bonds is 2. The van der Waals surface area contributed by atoms with Gasteiger partial charge in [0.25, 0.3) is 0 Å². The molecule has 5 nitrogen and oxygen atoms in total. The van der Waals surface area contributed by atoms with Crippen molar-refractivity contribution in [2.45, 2.75) is 12.1 Å². The van der Waals surface area contributed by atoms with Crippen molar-refractivity contribution < 1.29 is 0 Å². The van der Waals surface area contributed by atoms with E-state index in [9.17, 15) is 4.79 Å². The zero-order valence-corrected chi connectivity index (χ0v) is 10.9. The normalized spacial score (nSPS) is 11.2. The molecule has 0 aliphatic rings. The Morgan fingerprint density at radius 3 is 2.75 bits per heavy atom. The lowest BCUT2D eigenvalue weighted by Gasteiger charge is -2.02. The van der Waals surface area contributed by atoms with Crippen LogP contribution < -0.4 is 5.69 Å². The zero-order valence-electron chi connectivity index (χ0n) is 9.27. The van der Waals surface area contributed by atoms with Crippen LogP contribution in [0, 0.1) is 4.64 Å². The molecule has 0 fully saturated rings. The van der Waals surface area contributed by atoms with Gasteiger partial charge in [0, 0.05) is 14.1 Å². The molecule has 1 N–H and O–H groups in total. The molecule has 0 aliphatic heterocycles. The van der Waals surface area contributed by atoms with Crippen molar-refractivity contribution in [1.29, 1.82) is 0 Å². The molecule has 0 bridgehead atoms. The van der Waals surface area contributed by atoms with E-state index < -0.39 is 0 Å². The maximum atomic E-state index is 11.8. The van der Waals surface area contributed by atoms with E-state index in [0.717, 1.165) is 16.4 Å². The molecule has 0 amide bonds. The number of fused-ring (bicyclic) bond motifs is 1. The fourth-order valence-electron chi connectivity index (χ4n) is 1.51. The Hall–Kier alpha value is -1.08. The molecule has 0 aromatic carbocycles. The molecule has 0 spiro atoms. The summed E-state index contributed by atoms with van der Waals surface area (Å²) in [4.78, 5) is 19.3. The Kier molecular flexibility index (Phi) is 2.90. The highest BCUT2D eigenvalue weighted by Gasteiger charge is 2.10. The fraction of sp³-hybridized carbons (Fsp3) is 0.444. The summed E-state index contributed by atoms with van der Waals surface area (Å²) in [5.41, 5.74) is 1.21. The number of nitrogens with one attached hydrogen (secondary N) is 1. The number of aryl methyl sites for hydroxylation is 1. The molecule has 0 saturated carbocycles. The molecular weight excluding hydrogens is 244 g/mol. The van der Waals surface area contributed by atoms with E-state index >= 15 is 0 Å². The van der Waals surface area contributed by atoms with Crippen LogP contribution in [0.15, 0.2) is 9.95 Å². The second-order valence-corrected chi connectivity index (χ2v) is 5.02. The Morgan fingerprint density at radius 1 is 1.44 bits per heavy atom. The number of aromatic amines is 1. The molecule has 2 aromatic rings. The van der Waals surface area contributed by atoms with Gasteiger partial charge in [-0.1, -0.05) is 30.9 Å². The van der Waals surface area contributed by atoms with Crippen molar-refractivity contribution in [1.82, 2.24) is 19.1 Å². The molecule has 0 aliphatic carbocycles. The van der Waals surface area contributed by atoms with Gasteiger partial charge in [0.05, 0.1) is 0 Å². The number of thioether (sulfide) groups is 1. The highest BCUT2D eigenvalue weighted by atomic mass is 32.2. The molecule has 0 unspecified atom stereocenters.